The first kappa shape index (κ1) is 22.6. The molecule has 0 aliphatic carbocycles. The lowest BCUT2D eigenvalue weighted by Crippen LogP contribution is -2.34. The lowest BCUT2D eigenvalue weighted by Gasteiger charge is -2.25. The van der Waals surface area contributed by atoms with Gasteiger partial charge in [0.05, 0.1) is 6.26 Å². The van der Waals surface area contributed by atoms with Crippen molar-refractivity contribution in [2.75, 3.05) is 26.2 Å². The van der Waals surface area contributed by atoms with Gasteiger partial charge in [0.1, 0.15) is 18.2 Å². The summed E-state index contributed by atoms with van der Waals surface area (Å²) >= 11 is 0. The van der Waals surface area contributed by atoms with Gasteiger partial charge in [-0.05, 0) is 41.8 Å². The fourth-order valence-electron chi connectivity index (χ4n) is 3.09. The molecule has 0 atom stereocenters. The van der Waals surface area contributed by atoms with Crippen LogP contribution in [0.3, 0.4) is 0 Å². The van der Waals surface area contributed by atoms with E-state index in [1.165, 1.54) is 30.5 Å². The molecule has 0 saturated heterocycles. The van der Waals surface area contributed by atoms with Crippen LogP contribution in [0.25, 0.3) is 5.57 Å². The van der Waals surface area contributed by atoms with Gasteiger partial charge in [0.15, 0.2) is 0 Å². The Morgan fingerprint density at radius 1 is 1.10 bits per heavy atom. The molecular weight excluding hydrogens is 400 g/mol. The number of carbonyl (C=O) groups is 1. The monoisotopic (exact) mass is 421 g/mol. The number of hydrogen-bond donors (Lipinski definition) is 1. The van der Waals surface area contributed by atoms with Crippen molar-refractivity contribution in [2.45, 2.75) is 6.42 Å². The van der Waals surface area contributed by atoms with Gasteiger partial charge in [-0.2, -0.15) is 0 Å². The van der Waals surface area contributed by atoms with Crippen LogP contribution in [0.5, 0.6) is 0 Å². The summed E-state index contributed by atoms with van der Waals surface area (Å²) in [5.41, 5.74) is 2.13. The van der Waals surface area contributed by atoms with Crippen LogP contribution in [-0.2, 0) is 9.53 Å². The van der Waals surface area contributed by atoms with E-state index in [0.29, 0.717) is 48.4 Å². The van der Waals surface area contributed by atoms with E-state index < -0.39 is 5.97 Å². The van der Waals surface area contributed by atoms with Gasteiger partial charge >= 0.3 is 5.97 Å². The molecule has 29 heavy (non-hydrogen) atoms. The minimum absolute atomic E-state index is 0. The number of nitrogens with zero attached hydrogens (tertiary/aromatic N) is 1. The Balaban J connectivity index is 0.00000300. The van der Waals surface area contributed by atoms with E-state index in [1.54, 1.807) is 30.3 Å². The topological polar surface area (TPSA) is 49.8 Å². The summed E-state index contributed by atoms with van der Waals surface area (Å²) in [6.07, 6.45) is 3.93. The minimum atomic E-state index is -0.898. The third-order valence-electron chi connectivity index (χ3n) is 4.50. The molecule has 7 heteroatoms. The number of benzene rings is 2. The quantitative estimate of drug-likeness (QED) is 0.528. The molecule has 0 saturated carbocycles. The molecule has 0 fully saturated rings. The first-order valence-electron chi connectivity index (χ1n) is 9.01. The lowest BCUT2D eigenvalue weighted by molar-refractivity contribution is -0.133. The molecule has 4 nitrogen and oxygen atoms in total. The highest BCUT2D eigenvalue weighted by Gasteiger charge is 2.17. The third-order valence-corrected chi connectivity index (χ3v) is 4.50. The Bertz CT molecular complexity index is 867. The Morgan fingerprint density at radius 3 is 2.28 bits per heavy atom. The van der Waals surface area contributed by atoms with Gasteiger partial charge in [0.25, 0.3) is 0 Å². The zero-order chi connectivity index (χ0) is 19.9. The van der Waals surface area contributed by atoms with Crippen LogP contribution in [0, 0.1) is 11.6 Å². The molecule has 0 aromatic heterocycles. The van der Waals surface area contributed by atoms with Crippen molar-refractivity contribution in [1.82, 2.24) is 4.90 Å². The third kappa shape index (κ3) is 6.41. The molecule has 0 bridgehead atoms. The van der Waals surface area contributed by atoms with Gasteiger partial charge in [-0.15, -0.1) is 12.4 Å². The standard InChI is InChI=1S/C22H21F2NO3.ClH/c23-19-7-1-4-16(12-19)21(17-5-2-8-20(24)13-17)15-28-11-10-25-9-3-6-18(14-25)22(26)27;/h1-2,4-8,12-13,15H,3,9-11,14H2,(H,26,27);1H. The van der Waals surface area contributed by atoms with Crippen LogP contribution in [0.1, 0.15) is 17.5 Å². The number of aliphatic carboxylic acids is 1. The van der Waals surface area contributed by atoms with E-state index in [9.17, 15) is 13.6 Å². The van der Waals surface area contributed by atoms with E-state index in [2.05, 4.69) is 0 Å². The minimum Gasteiger partial charge on any atom is -0.499 e. The number of halogens is 3. The van der Waals surface area contributed by atoms with Gasteiger partial charge in [0.2, 0.25) is 0 Å². The maximum absolute atomic E-state index is 13.7. The number of carboxylic acid groups (broad SMARTS) is 1. The molecule has 1 aliphatic heterocycles. The molecule has 0 radical (unpaired) electrons. The predicted molar refractivity (Wildman–Crippen MR) is 110 cm³/mol. The summed E-state index contributed by atoms with van der Waals surface area (Å²) < 4.78 is 33.0. The Morgan fingerprint density at radius 2 is 1.72 bits per heavy atom. The summed E-state index contributed by atoms with van der Waals surface area (Å²) in [6.45, 7) is 2.04. The van der Waals surface area contributed by atoms with Crippen molar-refractivity contribution in [3.63, 3.8) is 0 Å². The molecule has 2 aromatic carbocycles. The van der Waals surface area contributed by atoms with Crippen molar-refractivity contribution < 1.29 is 23.4 Å². The molecule has 154 valence electrons. The van der Waals surface area contributed by atoms with Gasteiger partial charge in [-0.25, -0.2) is 13.6 Å². The van der Waals surface area contributed by atoms with Crippen molar-refractivity contribution in [2.24, 2.45) is 0 Å². The second kappa shape index (κ2) is 10.7. The van der Waals surface area contributed by atoms with Crippen LogP contribution < -0.4 is 0 Å². The van der Waals surface area contributed by atoms with Crippen LogP contribution >= 0.6 is 12.4 Å². The summed E-state index contributed by atoms with van der Waals surface area (Å²) in [5, 5.41) is 9.10. The summed E-state index contributed by atoms with van der Waals surface area (Å²) in [6, 6.07) is 12.1. The fourth-order valence-corrected chi connectivity index (χ4v) is 3.09. The second-order valence-corrected chi connectivity index (χ2v) is 6.52. The van der Waals surface area contributed by atoms with Gasteiger partial charge in [-0.3, -0.25) is 4.90 Å². The van der Waals surface area contributed by atoms with E-state index in [-0.39, 0.29) is 24.0 Å². The van der Waals surface area contributed by atoms with Crippen molar-refractivity contribution in [1.29, 1.82) is 0 Å². The van der Waals surface area contributed by atoms with Crippen LogP contribution in [0.4, 0.5) is 8.78 Å². The molecule has 0 spiro atoms. The van der Waals surface area contributed by atoms with Crippen molar-refractivity contribution in [3.8, 4) is 0 Å². The van der Waals surface area contributed by atoms with E-state index in [4.69, 9.17) is 9.84 Å². The van der Waals surface area contributed by atoms with Gasteiger partial charge in [0, 0.05) is 30.8 Å². The Hall–Kier alpha value is -2.70. The predicted octanol–water partition coefficient (Wildman–Crippen LogP) is 4.51. The maximum atomic E-state index is 13.7. The SMILES string of the molecule is Cl.O=C(O)C1=CCCN(CCOC=C(c2cccc(F)c2)c2cccc(F)c2)C1. The highest BCUT2D eigenvalue weighted by atomic mass is 35.5. The number of carboxylic acids is 1. The molecule has 1 heterocycles. The first-order valence-corrected chi connectivity index (χ1v) is 9.01. The normalized spacial score (nSPS) is 13.8. The number of hydrogen-bond acceptors (Lipinski definition) is 3. The largest absolute Gasteiger partial charge is 0.499 e. The number of rotatable bonds is 7. The maximum Gasteiger partial charge on any atom is 0.332 e. The van der Waals surface area contributed by atoms with E-state index in [0.717, 1.165) is 6.54 Å². The summed E-state index contributed by atoms with van der Waals surface area (Å²) in [5.74, 6) is -1.67. The fraction of sp³-hybridized carbons (Fsp3) is 0.227. The highest BCUT2D eigenvalue weighted by Crippen LogP contribution is 2.25. The molecule has 0 amide bonds. The van der Waals surface area contributed by atoms with Crippen molar-refractivity contribution >= 4 is 23.9 Å². The highest BCUT2D eigenvalue weighted by molar-refractivity contribution is 5.87. The zero-order valence-electron chi connectivity index (χ0n) is 15.7. The van der Waals surface area contributed by atoms with Gasteiger partial charge in [-0.1, -0.05) is 30.3 Å². The average Bonchev–Trinajstić information content (AvgIpc) is 2.68. The zero-order valence-corrected chi connectivity index (χ0v) is 16.5. The Kier molecular flexibility index (Phi) is 8.36. The molecular formula is C22H22ClF2NO3. The molecule has 1 N–H and O–H groups in total. The number of ether oxygens (including phenoxy) is 1. The summed E-state index contributed by atoms with van der Waals surface area (Å²) in [4.78, 5) is 13.1. The van der Waals surface area contributed by atoms with Gasteiger partial charge < -0.3 is 9.84 Å². The molecule has 3 rings (SSSR count). The van der Waals surface area contributed by atoms with E-state index in [1.807, 2.05) is 4.90 Å². The molecule has 1 aliphatic rings. The molecule has 2 aromatic rings. The van der Waals surface area contributed by atoms with E-state index >= 15 is 0 Å². The molecule has 0 unspecified atom stereocenters. The average molecular weight is 422 g/mol. The lowest BCUT2D eigenvalue weighted by atomic mass is 9.99. The first-order chi connectivity index (χ1) is 13.5. The summed E-state index contributed by atoms with van der Waals surface area (Å²) in [7, 11) is 0. The smallest absolute Gasteiger partial charge is 0.332 e. The van der Waals surface area contributed by atoms with Crippen LogP contribution in [-0.4, -0.2) is 42.2 Å². The van der Waals surface area contributed by atoms with Crippen molar-refractivity contribution in [3.05, 3.63) is 89.2 Å². The van der Waals surface area contributed by atoms with Crippen LogP contribution in [0.15, 0.2) is 66.4 Å². The Labute approximate surface area is 174 Å². The van der Waals surface area contributed by atoms with Crippen LogP contribution in [0.2, 0.25) is 0 Å². The second-order valence-electron chi connectivity index (χ2n) is 6.52.